The zero-order valence-corrected chi connectivity index (χ0v) is 17.6. The molecule has 2 aromatic rings. The molecule has 1 fully saturated rings. The Bertz CT molecular complexity index is 876. The van der Waals surface area contributed by atoms with Crippen molar-refractivity contribution in [2.75, 3.05) is 6.54 Å². The lowest BCUT2D eigenvalue weighted by atomic mass is 9.89. The number of rotatable bonds is 3. The normalized spacial score (nSPS) is 22.1. The first-order valence-corrected chi connectivity index (χ1v) is 10.7. The SMILES string of the molecule is CC(C)(C)OC(=O)N1CCC[C@H]1c1ncc(-c2ccc([C@@H]3C=CCCC3)cc2)[nH]1. The fourth-order valence-electron chi connectivity index (χ4n) is 4.24. The number of allylic oxidation sites excluding steroid dienone is 2. The molecule has 1 aliphatic heterocycles. The van der Waals surface area contributed by atoms with Crippen LogP contribution in [0, 0.1) is 0 Å². The summed E-state index contributed by atoms with van der Waals surface area (Å²) in [5.41, 5.74) is 2.99. The second-order valence-electron chi connectivity index (χ2n) is 9.10. The van der Waals surface area contributed by atoms with E-state index in [4.69, 9.17) is 4.74 Å². The highest BCUT2D eigenvalue weighted by Crippen LogP contribution is 2.33. The average molecular weight is 394 g/mol. The van der Waals surface area contributed by atoms with Gasteiger partial charge in [-0.2, -0.15) is 0 Å². The Balaban J connectivity index is 1.48. The molecule has 0 radical (unpaired) electrons. The van der Waals surface area contributed by atoms with E-state index in [0.717, 1.165) is 29.9 Å². The summed E-state index contributed by atoms with van der Waals surface area (Å²) in [6.07, 6.45) is 11.8. The topological polar surface area (TPSA) is 58.2 Å². The minimum absolute atomic E-state index is 0.0507. The standard InChI is InChI=1S/C24H31N3O2/c1-24(2,3)29-23(28)27-15-7-10-21(27)22-25-16-20(26-22)19-13-11-18(12-14-19)17-8-5-4-6-9-17/h5,8,11-14,16-17,21H,4,6-7,9-10,15H2,1-3H3,(H,25,26)/t17-,21+/m1/s1. The van der Waals surface area contributed by atoms with Crippen LogP contribution in [0.4, 0.5) is 4.79 Å². The lowest BCUT2D eigenvalue weighted by molar-refractivity contribution is 0.0219. The number of amides is 1. The van der Waals surface area contributed by atoms with Gasteiger partial charge in [0.1, 0.15) is 11.4 Å². The molecule has 2 heterocycles. The number of nitrogens with zero attached hydrogens (tertiary/aromatic N) is 2. The molecule has 1 saturated heterocycles. The summed E-state index contributed by atoms with van der Waals surface area (Å²) in [4.78, 5) is 22.4. The Labute approximate surface area is 173 Å². The zero-order chi connectivity index (χ0) is 20.4. The summed E-state index contributed by atoms with van der Waals surface area (Å²) in [6.45, 7) is 6.40. The molecule has 0 spiro atoms. The summed E-state index contributed by atoms with van der Waals surface area (Å²) in [6, 6.07) is 8.72. The van der Waals surface area contributed by atoms with Gasteiger partial charge in [0, 0.05) is 12.5 Å². The molecular weight excluding hydrogens is 362 g/mol. The fourth-order valence-corrected chi connectivity index (χ4v) is 4.24. The number of nitrogens with one attached hydrogen (secondary N) is 1. The van der Waals surface area contributed by atoms with Gasteiger partial charge in [-0.05, 0) is 64.0 Å². The van der Waals surface area contributed by atoms with E-state index < -0.39 is 5.60 Å². The van der Waals surface area contributed by atoms with Crippen LogP contribution < -0.4 is 0 Å². The molecule has 1 aromatic carbocycles. The Morgan fingerprint density at radius 3 is 2.66 bits per heavy atom. The van der Waals surface area contributed by atoms with E-state index in [1.807, 2.05) is 27.0 Å². The number of benzene rings is 1. The van der Waals surface area contributed by atoms with Crippen molar-refractivity contribution in [2.24, 2.45) is 0 Å². The summed E-state index contributed by atoms with van der Waals surface area (Å²) >= 11 is 0. The van der Waals surface area contributed by atoms with Crippen LogP contribution in [0.2, 0.25) is 0 Å². The monoisotopic (exact) mass is 393 g/mol. The molecule has 0 unspecified atom stereocenters. The van der Waals surface area contributed by atoms with Crippen LogP contribution in [-0.4, -0.2) is 33.1 Å². The molecule has 0 saturated carbocycles. The van der Waals surface area contributed by atoms with Gasteiger partial charge in [0.25, 0.3) is 0 Å². The van der Waals surface area contributed by atoms with Crippen molar-refractivity contribution in [3.8, 4) is 11.3 Å². The molecular formula is C24H31N3O2. The molecule has 154 valence electrons. The number of aromatic amines is 1. The number of hydrogen-bond acceptors (Lipinski definition) is 3. The van der Waals surface area contributed by atoms with E-state index in [0.29, 0.717) is 12.5 Å². The number of likely N-dealkylation sites (tertiary alicyclic amines) is 1. The second kappa shape index (κ2) is 8.05. The largest absolute Gasteiger partial charge is 0.444 e. The third kappa shape index (κ3) is 4.55. The van der Waals surface area contributed by atoms with Crippen LogP contribution >= 0.6 is 0 Å². The molecule has 1 amide bonds. The van der Waals surface area contributed by atoms with Crippen molar-refractivity contribution in [1.82, 2.24) is 14.9 Å². The molecule has 1 aromatic heterocycles. The molecule has 1 aliphatic carbocycles. The van der Waals surface area contributed by atoms with Crippen molar-refractivity contribution >= 4 is 6.09 Å². The molecule has 4 rings (SSSR count). The van der Waals surface area contributed by atoms with Crippen LogP contribution in [0.5, 0.6) is 0 Å². The van der Waals surface area contributed by atoms with E-state index in [1.54, 1.807) is 4.90 Å². The number of aromatic nitrogens is 2. The number of ether oxygens (including phenoxy) is 1. The average Bonchev–Trinajstić information content (AvgIpc) is 3.37. The molecule has 29 heavy (non-hydrogen) atoms. The highest BCUT2D eigenvalue weighted by molar-refractivity contribution is 5.69. The number of H-pyrrole nitrogens is 1. The molecule has 0 bridgehead atoms. The number of imidazole rings is 1. The lowest BCUT2D eigenvalue weighted by Gasteiger charge is -2.27. The summed E-state index contributed by atoms with van der Waals surface area (Å²) in [5, 5.41) is 0. The Kier molecular flexibility index (Phi) is 5.48. The molecule has 2 atom stereocenters. The third-order valence-electron chi connectivity index (χ3n) is 5.70. The van der Waals surface area contributed by atoms with Gasteiger partial charge < -0.3 is 9.72 Å². The van der Waals surface area contributed by atoms with Gasteiger partial charge in [-0.15, -0.1) is 0 Å². The van der Waals surface area contributed by atoms with Gasteiger partial charge in [-0.1, -0.05) is 36.4 Å². The maximum absolute atomic E-state index is 12.6. The van der Waals surface area contributed by atoms with Crippen LogP contribution in [0.25, 0.3) is 11.3 Å². The van der Waals surface area contributed by atoms with Crippen molar-refractivity contribution in [3.05, 3.63) is 54.0 Å². The van der Waals surface area contributed by atoms with E-state index in [-0.39, 0.29) is 12.1 Å². The molecule has 5 nitrogen and oxygen atoms in total. The summed E-state index contributed by atoms with van der Waals surface area (Å²) in [5.74, 6) is 1.37. The smallest absolute Gasteiger partial charge is 0.410 e. The predicted molar refractivity (Wildman–Crippen MR) is 115 cm³/mol. The second-order valence-corrected chi connectivity index (χ2v) is 9.10. The summed E-state index contributed by atoms with van der Waals surface area (Å²) in [7, 11) is 0. The van der Waals surface area contributed by atoms with Crippen molar-refractivity contribution in [3.63, 3.8) is 0 Å². The lowest BCUT2D eigenvalue weighted by Crippen LogP contribution is -2.36. The number of hydrogen-bond donors (Lipinski definition) is 1. The number of carbonyl (C=O) groups excluding carboxylic acids is 1. The van der Waals surface area contributed by atoms with Gasteiger partial charge in [-0.25, -0.2) is 9.78 Å². The van der Waals surface area contributed by atoms with Gasteiger partial charge in [-0.3, -0.25) is 4.90 Å². The van der Waals surface area contributed by atoms with Crippen LogP contribution in [0.1, 0.15) is 76.2 Å². The Morgan fingerprint density at radius 1 is 1.17 bits per heavy atom. The van der Waals surface area contributed by atoms with Crippen LogP contribution in [0.3, 0.4) is 0 Å². The van der Waals surface area contributed by atoms with Crippen molar-refractivity contribution in [1.29, 1.82) is 0 Å². The first kappa shape index (κ1) is 19.7. The van der Waals surface area contributed by atoms with E-state index in [1.165, 1.54) is 24.8 Å². The van der Waals surface area contributed by atoms with E-state index in [9.17, 15) is 4.79 Å². The Hall–Kier alpha value is -2.56. The van der Waals surface area contributed by atoms with Gasteiger partial charge in [0.2, 0.25) is 0 Å². The van der Waals surface area contributed by atoms with Gasteiger partial charge in [0.15, 0.2) is 0 Å². The van der Waals surface area contributed by atoms with Crippen molar-refractivity contribution in [2.45, 2.75) is 70.4 Å². The molecule has 1 N–H and O–H groups in total. The van der Waals surface area contributed by atoms with Crippen LogP contribution in [0.15, 0.2) is 42.6 Å². The van der Waals surface area contributed by atoms with Crippen LogP contribution in [-0.2, 0) is 4.74 Å². The minimum Gasteiger partial charge on any atom is -0.444 e. The first-order chi connectivity index (χ1) is 13.9. The van der Waals surface area contributed by atoms with E-state index in [2.05, 4.69) is 46.4 Å². The third-order valence-corrected chi connectivity index (χ3v) is 5.70. The molecule has 5 heteroatoms. The highest BCUT2D eigenvalue weighted by atomic mass is 16.6. The maximum atomic E-state index is 12.6. The van der Waals surface area contributed by atoms with Gasteiger partial charge >= 0.3 is 6.09 Å². The molecule has 2 aliphatic rings. The van der Waals surface area contributed by atoms with Gasteiger partial charge in [0.05, 0.1) is 17.9 Å². The van der Waals surface area contributed by atoms with E-state index >= 15 is 0 Å². The van der Waals surface area contributed by atoms with Crippen molar-refractivity contribution < 1.29 is 9.53 Å². The number of carbonyl (C=O) groups is 1. The Morgan fingerprint density at radius 2 is 1.97 bits per heavy atom. The predicted octanol–water partition coefficient (Wildman–Crippen LogP) is 5.97. The fraction of sp³-hybridized carbons (Fsp3) is 0.500. The minimum atomic E-state index is -0.492. The first-order valence-electron chi connectivity index (χ1n) is 10.7. The summed E-state index contributed by atoms with van der Waals surface area (Å²) < 4.78 is 5.58. The zero-order valence-electron chi connectivity index (χ0n) is 17.6. The highest BCUT2D eigenvalue weighted by Gasteiger charge is 2.34. The quantitative estimate of drug-likeness (QED) is 0.653. The maximum Gasteiger partial charge on any atom is 0.410 e.